The highest BCUT2D eigenvalue weighted by atomic mass is 19.4. The van der Waals surface area contributed by atoms with E-state index in [1.54, 1.807) is 13.1 Å². The second-order valence-electron chi connectivity index (χ2n) is 4.09. The minimum Gasteiger partial charge on any atom is -0.375 e. The Labute approximate surface area is 88.3 Å². The van der Waals surface area contributed by atoms with Crippen LogP contribution in [0.4, 0.5) is 13.2 Å². The van der Waals surface area contributed by atoms with Gasteiger partial charge >= 0.3 is 6.18 Å². The van der Waals surface area contributed by atoms with Crippen LogP contribution in [0.1, 0.15) is 27.2 Å². The molecule has 4 heteroatoms. The Bertz CT molecular complexity index is 287. The molecule has 0 aromatic heterocycles. The van der Waals surface area contributed by atoms with Gasteiger partial charge in [0.15, 0.2) is 0 Å². The van der Waals surface area contributed by atoms with E-state index in [0.29, 0.717) is 18.5 Å². The van der Waals surface area contributed by atoms with Crippen LogP contribution >= 0.6 is 0 Å². The van der Waals surface area contributed by atoms with E-state index in [1.807, 2.05) is 18.7 Å². The van der Waals surface area contributed by atoms with Gasteiger partial charge in [0, 0.05) is 12.6 Å². The lowest BCUT2D eigenvalue weighted by molar-refractivity contribution is -0.0890. The Kier molecular flexibility index (Phi) is 3.47. The molecule has 15 heavy (non-hydrogen) atoms. The van der Waals surface area contributed by atoms with Crippen molar-refractivity contribution in [2.45, 2.75) is 39.4 Å². The molecular weight excluding hydrogens is 203 g/mol. The van der Waals surface area contributed by atoms with Gasteiger partial charge in [-0.05, 0) is 39.5 Å². The minimum atomic E-state index is -4.23. The Morgan fingerprint density at radius 2 is 1.93 bits per heavy atom. The minimum absolute atomic E-state index is 0.238. The zero-order chi connectivity index (χ0) is 11.6. The number of allylic oxidation sites excluding steroid dienone is 2. The van der Waals surface area contributed by atoms with Gasteiger partial charge in [-0.2, -0.15) is 13.2 Å². The van der Waals surface area contributed by atoms with Gasteiger partial charge in [0.25, 0.3) is 0 Å². The lowest BCUT2D eigenvalue weighted by atomic mass is 10.1. The van der Waals surface area contributed by atoms with Crippen LogP contribution in [0, 0.1) is 0 Å². The molecule has 0 atom stereocenters. The molecule has 0 unspecified atom stereocenters. The molecule has 0 aromatic carbocycles. The van der Waals surface area contributed by atoms with E-state index >= 15 is 0 Å². The van der Waals surface area contributed by atoms with Crippen LogP contribution in [0.3, 0.4) is 0 Å². The zero-order valence-corrected chi connectivity index (χ0v) is 9.23. The van der Waals surface area contributed by atoms with E-state index in [2.05, 4.69) is 0 Å². The molecule has 0 radical (unpaired) electrons. The van der Waals surface area contributed by atoms with E-state index in [4.69, 9.17) is 0 Å². The van der Waals surface area contributed by atoms with Crippen molar-refractivity contribution < 1.29 is 13.2 Å². The van der Waals surface area contributed by atoms with E-state index in [1.165, 1.54) is 6.08 Å². The van der Waals surface area contributed by atoms with Crippen LogP contribution in [0.5, 0.6) is 0 Å². The van der Waals surface area contributed by atoms with E-state index < -0.39 is 11.7 Å². The third kappa shape index (κ3) is 3.01. The van der Waals surface area contributed by atoms with E-state index in [0.717, 1.165) is 0 Å². The maximum absolute atomic E-state index is 12.6. The van der Waals surface area contributed by atoms with Crippen molar-refractivity contribution in [3.8, 4) is 0 Å². The summed E-state index contributed by atoms with van der Waals surface area (Å²) < 4.78 is 37.7. The Balaban J connectivity index is 2.91. The molecule has 1 nitrogen and oxygen atoms in total. The van der Waals surface area contributed by atoms with Gasteiger partial charge in [-0.3, -0.25) is 0 Å². The molecule has 1 rings (SSSR count). The lowest BCUT2D eigenvalue weighted by Gasteiger charge is -2.23. The van der Waals surface area contributed by atoms with Crippen LogP contribution in [0.2, 0.25) is 0 Å². The Morgan fingerprint density at radius 3 is 2.40 bits per heavy atom. The third-order valence-corrected chi connectivity index (χ3v) is 2.61. The second kappa shape index (κ2) is 4.29. The molecule has 0 bridgehead atoms. The van der Waals surface area contributed by atoms with Crippen molar-refractivity contribution in [2.24, 2.45) is 0 Å². The predicted molar refractivity (Wildman–Crippen MR) is 54.4 cm³/mol. The maximum Gasteiger partial charge on any atom is 0.416 e. The van der Waals surface area contributed by atoms with Crippen molar-refractivity contribution in [3.63, 3.8) is 0 Å². The normalized spacial score (nSPS) is 18.7. The zero-order valence-electron chi connectivity index (χ0n) is 9.23. The SMILES string of the molecule is CC1=C(C(F)(F)F)C=CN(C(C)C)CC1. The highest BCUT2D eigenvalue weighted by Crippen LogP contribution is 2.32. The molecule has 0 saturated carbocycles. The summed E-state index contributed by atoms with van der Waals surface area (Å²) in [4.78, 5) is 1.92. The van der Waals surface area contributed by atoms with Crippen molar-refractivity contribution in [2.75, 3.05) is 6.54 Å². The number of rotatable bonds is 1. The molecule has 0 aromatic rings. The topological polar surface area (TPSA) is 3.24 Å². The molecule has 0 aliphatic carbocycles. The van der Waals surface area contributed by atoms with Gasteiger partial charge < -0.3 is 4.90 Å². The first-order chi connectivity index (χ1) is 6.82. The lowest BCUT2D eigenvalue weighted by Crippen LogP contribution is -2.25. The molecule has 1 aliphatic heterocycles. The summed E-state index contributed by atoms with van der Waals surface area (Å²) in [6.45, 7) is 6.15. The van der Waals surface area contributed by atoms with Gasteiger partial charge in [-0.1, -0.05) is 5.57 Å². The molecule has 0 saturated heterocycles. The van der Waals surface area contributed by atoms with Crippen molar-refractivity contribution in [3.05, 3.63) is 23.4 Å². The average Bonchev–Trinajstić information content (AvgIpc) is 2.25. The second-order valence-corrected chi connectivity index (χ2v) is 4.09. The van der Waals surface area contributed by atoms with Crippen LogP contribution in [0.15, 0.2) is 23.4 Å². The average molecular weight is 219 g/mol. The molecule has 0 N–H and O–H groups in total. The van der Waals surface area contributed by atoms with E-state index in [9.17, 15) is 13.2 Å². The summed E-state index contributed by atoms with van der Waals surface area (Å²) >= 11 is 0. The molecule has 0 fully saturated rings. The smallest absolute Gasteiger partial charge is 0.375 e. The summed E-state index contributed by atoms with van der Waals surface area (Å²) in [5.74, 6) is 0. The summed E-state index contributed by atoms with van der Waals surface area (Å²) in [7, 11) is 0. The first-order valence-corrected chi connectivity index (χ1v) is 5.03. The van der Waals surface area contributed by atoms with Crippen molar-refractivity contribution in [1.29, 1.82) is 0 Å². The number of halogens is 3. The maximum atomic E-state index is 12.6. The predicted octanol–water partition coefficient (Wildman–Crippen LogP) is 3.49. The Morgan fingerprint density at radius 1 is 1.33 bits per heavy atom. The van der Waals surface area contributed by atoms with Gasteiger partial charge in [-0.15, -0.1) is 0 Å². The standard InChI is InChI=1S/C11H16F3N/c1-8(2)15-6-4-9(3)10(5-7-15)11(12,13)14/h5,7-8H,4,6H2,1-3H3. The highest BCUT2D eigenvalue weighted by molar-refractivity contribution is 5.30. The fourth-order valence-electron chi connectivity index (χ4n) is 1.59. The first kappa shape index (κ1) is 12.1. The number of hydrogen-bond acceptors (Lipinski definition) is 1. The first-order valence-electron chi connectivity index (χ1n) is 5.03. The van der Waals surface area contributed by atoms with Gasteiger partial charge in [0.2, 0.25) is 0 Å². The molecule has 86 valence electrons. The third-order valence-electron chi connectivity index (χ3n) is 2.61. The van der Waals surface area contributed by atoms with Gasteiger partial charge in [-0.25, -0.2) is 0 Å². The van der Waals surface area contributed by atoms with Gasteiger partial charge in [0.1, 0.15) is 0 Å². The quantitative estimate of drug-likeness (QED) is 0.652. The monoisotopic (exact) mass is 219 g/mol. The van der Waals surface area contributed by atoms with E-state index in [-0.39, 0.29) is 6.04 Å². The largest absolute Gasteiger partial charge is 0.416 e. The summed E-state index contributed by atoms with van der Waals surface area (Å²) in [6.07, 6.45) is -1.03. The fraction of sp³-hybridized carbons (Fsp3) is 0.636. The van der Waals surface area contributed by atoms with Crippen molar-refractivity contribution >= 4 is 0 Å². The summed E-state index contributed by atoms with van der Waals surface area (Å²) in [5.41, 5.74) is -0.0763. The number of hydrogen-bond donors (Lipinski definition) is 0. The molecular formula is C11H16F3N. The van der Waals surface area contributed by atoms with Crippen molar-refractivity contribution in [1.82, 2.24) is 4.90 Å². The van der Waals surface area contributed by atoms with Crippen LogP contribution < -0.4 is 0 Å². The number of alkyl halides is 3. The molecule has 0 amide bonds. The summed E-state index contributed by atoms with van der Waals surface area (Å²) in [5, 5.41) is 0. The highest BCUT2D eigenvalue weighted by Gasteiger charge is 2.34. The van der Waals surface area contributed by atoms with Crippen LogP contribution in [0.25, 0.3) is 0 Å². The summed E-state index contributed by atoms with van der Waals surface area (Å²) in [6, 6.07) is 0.238. The van der Waals surface area contributed by atoms with Crippen LogP contribution in [-0.4, -0.2) is 23.7 Å². The van der Waals surface area contributed by atoms with Gasteiger partial charge in [0.05, 0.1) is 5.57 Å². The van der Waals surface area contributed by atoms with Crippen LogP contribution in [-0.2, 0) is 0 Å². The molecule has 0 spiro atoms. The molecule has 1 aliphatic rings. The Hall–Kier alpha value is -0.930. The fourth-order valence-corrected chi connectivity index (χ4v) is 1.59. The molecule has 1 heterocycles. The number of nitrogens with zero attached hydrogens (tertiary/aromatic N) is 1.